The molecule has 0 saturated carbocycles. The van der Waals surface area contributed by atoms with Gasteiger partial charge in [0.1, 0.15) is 11.4 Å². The number of aromatic nitrogens is 2. The minimum atomic E-state index is -0.475. The number of nitrogen functional groups attached to an aromatic ring is 1. The Morgan fingerprint density at radius 1 is 1.28 bits per heavy atom. The first-order valence-electron chi connectivity index (χ1n) is 9.09. The summed E-state index contributed by atoms with van der Waals surface area (Å²) in [6, 6.07) is 8.85. The van der Waals surface area contributed by atoms with Crippen LogP contribution in [-0.2, 0) is 19.4 Å². The highest BCUT2D eigenvalue weighted by Gasteiger charge is 2.30. The zero-order valence-electron chi connectivity index (χ0n) is 14.4. The van der Waals surface area contributed by atoms with E-state index in [4.69, 9.17) is 16.6 Å². The van der Waals surface area contributed by atoms with Gasteiger partial charge in [0.15, 0.2) is 0 Å². The Bertz CT molecular complexity index is 791. The third-order valence-electron chi connectivity index (χ3n) is 5.55. The van der Waals surface area contributed by atoms with E-state index in [-0.39, 0.29) is 5.92 Å². The van der Waals surface area contributed by atoms with Gasteiger partial charge in [-0.15, -0.1) is 0 Å². The molecule has 2 aliphatic rings. The molecule has 2 aromatic rings. The van der Waals surface area contributed by atoms with Crippen molar-refractivity contribution in [3.05, 3.63) is 46.6 Å². The van der Waals surface area contributed by atoms with E-state index in [1.807, 2.05) is 0 Å². The van der Waals surface area contributed by atoms with Gasteiger partial charge in [0.2, 0.25) is 0 Å². The highest BCUT2D eigenvalue weighted by atomic mass is 16.1. The summed E-state index contributed by atoms with van der Waals surface area (Å²) in [4.78, 5) is 12.1. The Labute approximate surface area is 147 Å². The van der Waals surface area contributed by atoms with Crippen molar-refractivity contribution >= 4 is 11.7 Å². The van der Waals surface area contributed by atoms with E-state index in [0.29, 0.717) is 24.0 Å². The summed E-state index contributed by atoms with van der Waals surface area (Å²) < 4.78 is 1.78. The number of primary amides is 1. The highest BCUT2D eigenvalue weighted by molar-refractivity contribution is 5.98. The van der Waals surface area contributed by atoms with Crippen molar-refractivity contribution in [1.82, 2.24) is 15.1 Å². The lowest BCUT2D eigenvalue weighted by atomic mass is 9.81. The SMILES string of the molecule is NC(=O)c1c([C@@H]2CCc3ccccc3C2)nn(C[C@@H]2CCCN2)c1N. The molecule has 1 aromatic heterocycles. The van der Waals surface area contributed by atoms with Gasteiger partial charge in [0.25, 0.3) is 5.91 Å². The number of benzene rings is 1. The predicted octanol–water partition coefficient (Wildman–Crippen LogP) is 1.59. The maximum atomic E-state index is 12.1. The largest absolute Gasteiger partial charge is 0.383 e. The number of hydrogen-bond donors (Lipinski definition) is 3. The standard InChI is InChI=1S/C19H25N5O/c20-18-16(19(21)25)17(23-24(18)11-15-6-3-9-22-15)14-8-7-12-4-1-2-5-13(12)10-14/h1-2,4-5,14-15,22H,3,6-11,20H2,(H2,21,25)/t14-,15+/m1/s1. The van der Waals surface area contributed by atoms with Crippen LogP contribution in [0.2, 0.25) is 0 Å². The number of fused-ring (bicyclic) bond motifs is 1. The summed E-state index contributed by atoms with van der Waals surface area (Å²) in [6.45, 7) is 1.72. The molecule has 1 aliphatic heterocycles. The van der Waals surface area contributed by atoms with E-state index in [2.05, 4.69) is 29.6 Å². The highest BCUT2D eigenvalue weighted by Crippen LogP contribution is 2.35. The molecule has 6 heteroatoms. The topological polar surface area (TPSA) is 99.0 Å². The smallest absolute Gasteiger partial charge is 0.254 e. The number of nitrogens with zero attached hydrogens (tertiary/aromatic N) is 2. The molecule has 2 heterocycles. The molecule has 0 spiro atoms. The molecule has 25 heavy (non-hydrogen) atoms. The predicted molar refractivity (Wildman–Crippen MR) is 97.4 cm³/mol. The Kier molecular flexibility index (Phi) is 4.21. The number of aryl methyl sites for hydroxylation is 1. The van der Waals surface area contributed by atoms with Gasteiger partial charge >= 0.3 is 0 Å². The first-order chi connectivity index (χ1) is 12.1. The first-order valence-corrected chi connectivity index (χ1v) is 9.09. The summed E-state index contributed by atoms with van der Waals surface area (Å²) in [7, 11) is 0. The minimum absolute atomic E-state index is 0.192. The third-order valence-corrected chi connectivity index (χ3v) is 5.55. The summed E-state index contributed by atoms with van der Waals surface area (Å²) in [6.07, 6.45) is 5.12. The minimum Gasteiger partial charge on any atom is -0.383 e. The fourth-order valence-corrected chi connectivity index (χ4v) is 4.22. The lowest BCUT2D eigenvalue weighted by Gasteiger charge is -2.23. The molecule has 1 aromatic carbocycles. The molecule has 1 aliphatic carbocycles. The molecule has 1 amide bonds. The quantitative estimate of drug-likeness (QED) is 0.787. The zero-order chi connectivity index (χ0) is 17.4. The van der Waals surface area contributed by atoms with E-state index < -0.39 is 5.91 Å². The Balaban J connectivity index is 1.65. The molecule has 2 atom stereocenters. The fourth-order valence-electron chi connectivity index (χ4n) is 4.22. The van der Waals surface area contributed by atoms with E-state index >= 15 is 0 Å². The van der Waals surface area contributed by atoms with Gasteiger partial charge in [-0.3, -0.25) is 4.79 Å². The number of hydrogen-bond acceptors (Lipinski definition) is 4. The molecule has 0 radical (unpaired) electrons. The van der Waals surface area contributed by atoms with Crippen molar-refractivity contribution in [2.45, 2.75) is 50.6 Å². The van der Waals surface area contributed by atoms with Crippen LogP contribution in [0.25, 0.3) is 0 Å². The lowest BCUT2D eigenvalue weighted by molar-refractivity contribution is 0.0999. The Morgan fingerprint density at radius 2 is 2.08 bits per heavy atom. The molecule has 1 fully saturated rings. The number of carbonyl (C=O) groups excluding carboxylic acids is 1. The number of carbonyl (C=O) groups is 1. The van der Waals surface area contributed by atoms with E-state index in [9.17, 15) is 4.79 Å². The number of amides is 1. The van der Waals surface area contributed by atoms with Crippen LogP contribution < -0.4 is 16.8 Å². The van der Waals surface area contributed by atoms with Gasteiger partial charge in [-0.1, -0.05) is 24.3 Å². The van der Waals surface area contributed by atoms with Gasteiger partial charge in [0, 0.05) is 12.0 Å². The molecule has 0 unspecified atom stereocenters. The van der Waals surface area contributed by atoms with Crippen molar-refractivity contribution in [1.29, 1.82) is 0 Å². The second-order valence-corrected chi connectivity index (χ2v) is 7.19. The van der Waals surface area contributed by atoms with Crippen molar-refractivity contribution in [3.63, 3.8) is 0 Å². The Morgan fingerprint density at radius 3 is 2.80 bits per heavy atom. The van der Waals surface area contributed by atoms with Crippen molar-refractivity contribution in [3.8, 4) is 0 Å². The number of nitrogens with one attached hydrogen (secondary N) is 1. The second kappa shape index (κ2) is 6.52. The second-order valence-electron chi connectivity index (χ2n) is 7.19. The van der Waals surface area contributed by atoms with Gasteiger partial charge < -0.3 is 16.8 Å². The molecule has 1 saturated heterocycles. The normalized spacial score (nSPS) is 22.7. The Hall–Kier alpha value is -2.34. The van der Waals surface area contributed by atoms with Crippen molar-refractivity contribution in [2.24, 2.45) is 5.73 Å². The molecule has 6 nitrogen and oxygen atoms in total. The van der Waals surface area contributed by atoms with Crippen LogP contribution in [0, 0.1) is 0 Å². The van der Waals surface area contributed by atoms with Crippen molar-refractivity contribution < 1.29 is 4.79 Å². The van der Waals surface area contributed by atoms with Gasteiger partial charge in [-0.25, -0.2) is 4.68 Å². The summed E-state index contributed by atoms with van der Waals surface area (Å²) in [5, 5.41) is 8.19. The van der Waals surface area contributed by atoms with Gasteiger partial charge in [0.05, 0.1) is 12.2 Å². The van der Waals surface area contributed by atoms with Crippen LogP contribution >= 0.6 is 0 Å². The zero-order valence-corrected chi connectivity index (χ0v) is 14.4. The van der Waals surface area contributed by atoms with Crippen LogP contribution in [0.15, 0.2) is 24.3 Å². The first kappa shape index (κ1) is 16.1. The van der Waals surface area contributed by atoms with Gasteiger partial charge in [-0.2, -0.15) is 5.10 Å². The van der Waals surface area contributed by atoms with Crippen LogP contribution in [-0.4, -0.2) is 28.3 Å². The molecule has 132 valence electrons. The van der Waals surface area contributed by atoms with E-state index in [1.165, 1.54) is 17.5 Å². The molecular weight excluding hydrogens is 314 g/mol. The molecular formula is C19H25N5O. The van der Waals surface area contributed by atoms with Crippen LogP contribution in [0.4, 0.5) is 5.82 Å². The maximum absolute atomic E-state index is 12.1. The van der Waals surface area contributed by atoms with Crippen LogP contribution in [0.5, 0.6) is 0 Å². The number of anilines is 1. The lowest BCUT2D eigenvalue weighted by Crippen LogP contribution is -2.28. The van der Waals surface area contributed by atoms with Gasteiger partial charge in [-0.05, 0) is 49.8 Å². The number of nitrogens with two attached hydrogens (primary N) is 2. The monoisotopic (exact) mass is 339 g/mol. The molecule has 0 bridgehead atoms. The van der Waals surface area contributed by atoms with Crippen molar-refractivity contribution in [2.75, 3.05) is 12.3 Å². The van der Waals surface area contributed by atoms with Crippen LogP contribution in [0.3, 0.4) is 0 Å². The van der Waals surface area contributed by atoms with Crippen LogP contribution in [0.1, 0.15) is 52.4 Å². The summed E-state index contributed by atoms with van der Waals surface area (Å²) >= 11 is 0. The average molecular weight is 339 g/mol. The summed E-state index contributed by atoms with van der Waals surface area (Å²) in [5.74, 6) is 0.129. The number of rotatable bonds is 4. The average Bonchev–Trinajstić information content (AvgIpc) is 3.23. The van der Waals surface area contributed by atoms with E-state index in [0.717, 1.165) is 37.9 Å². The molecule has 5 N–H and O–H groups in total. The third kappa shape index (κ3) is 3.02. The fraction of sp³-hybridized carbons (Fsp3) is 0.474. The molecule has 4 rings (SSSR count). The summed E-state index contributed by atoms with van der Waals surface area (Å²) in [5.41, 5.74) is 15.8. The maximum Gasteiger partial charge on any atom is 0.254 e. The van der Waals surface area contributed by atoms with E-state index in [1.54, 1.807) is 4.68 Å².